The van der Waals surface area contributed by atoms with Gasteiger partial charge in [-0.3, -0.25) is 4.98 Å². The largest absolute Gasteiger partial charge is 0.496 e. The van der Waals surface area contributed by atoms with Crippen LogP contribution in [0.4, 0.5) is 15.5 Å². The molecule has 1 unspecified atom stereocenters. The smallest absolute Gasteiger partial charge is 0.427 e. The van der Waals surface area contributed by atoms with Gasteiger partial charge in [-0.15, -0.1) is 4.90 Å². The Balaban J connectivity index is 2.25. The number of carbonyl (C=O) groups is 2. The monoisotopic (exact) mass is 592 g/mol. The Morgan fingerprint density at radius 3 is 2.15 bits per heavy atom. The number of carbonyl (C=O) groups excluding carboxylic acids is 2. The highest BCUT2D eigenvalue weighted by Crippen LogP contribution is 2.31. The molecule has 13 nitrogen and oxygen atoms in total. The van der Waals surface area contributed by atoms with Crippen molar-refractivity contribution in [1.82, 2.24) is 24.7 Å². The van der Waals surface area contributed by atoms with Crippen LogP contribution in [0, 0.1) is 13.8 Å². The molecule has 0 radical (unpaired) electrons. The minimum atomic E-state index is -1.13. The first-order chi connectivity index (χ1) is 19.0. The molecule has 0 fully saturated rings. The number of ether oxygens (including phenoxy) is 3. The summed E-state index contributed by atoms with van der Waals surface area (Å²) in [7, 11) is 1.57. The lowest BCUT2D eigenvalue weighted by Gasteiger charge is -2.27. The Labute approximate surface area is 243 Å². The van der Waals surface area contributed by atoms with E-state index >= 15 is 0 Å². The summed E-state index contributed by atoms with van der Waals surface area (Å²) in [6.45, 7) is 13.2. The number of hydrogen-bond donors (Lipinski definition) is 2. The number of nitrogens with zero attached hydrogens (tertiary/aromatic N) is 6. The predicted octanol–water partition coefficient (Wildman–Crippen LogP) is 4.12. The molecule has 3 heterocycles. The third-order valence-corrected chi connectivity index (χ3v) is 5.92. The third kappa shape index (κ3) is 7.60. The van der Waals surface area contributed by atoms with Crippen LogP contribution in [0.5, 0.6) is 5.75 Å². The Hall–Kier alpha value is -3.55. The molecular weight excluding hydrogens is 556 g/mol. The molecule has 14 heteroatoms. The summed E-state index contributed by atoms with van der Waals surface area (Å²) in [5, 5.41) is 24.3. The van der Waals surface area contributed by atoms with E-state index in [2.05, 4.69) is 20.1 Å². The second kappa shape index (κ2) is 12.1. The Kier molecular flexibility index (Phi) is 9.46. The van der Waals surface area contributed by atoms with E-state index in [1.807, 2.05) is 13.8 Å². The van der Waals surface area contributed by atoms with Crippen LogP contribution in [0.1, 0.15) is 64.1 Å². The molecule has 0 bridgehead atoms. The minimum Gasteiger partial charge on any atom is -0.496 e. The number of amides is 2. The van der Waals surface area contributed by atoms with E-state index in [1.54, 1.807) is 54.8 Å². The van der Waals surface area contributed by atoms with Crippen molar-refractivity contribution in [3.8, 4) is 5.75 Å². The van der Waals surface area contributed by atoms with E-state index in [0.717, 1.165) is 11.1 Å². The number of imide groups is 1. The van der Waals surface area contributed by atoms with Gasteiger partial charge in [0.25, 0.3) is 0 Å². The van der Waals surface area contributed by atoms with Crippen LogP contribution in [-0.2, 0) is 22.4 Å². The Morgan fingerprint density at radius 1 is 1.05 bits per heavy atom. The van der Waals surface area contributed by atoms with Crippen molar-refractivity contribution >= 4 is 40.8 Å². The molecule has 0 saturated carbocycles. The van der Waals surface area contributed by atoms with Crippen molar-refractivity contribution in [1.29, 1.82) is 0 Å². The van der Waals surface area contributed by atoms with Crippen molar-refractivity contribution in [3.05, 3.63) is 33.9 Å². The van der Waals surface area contributed by atoms with Gasteiger partial charge in [0.2, 0.25) is 5.95 Å². The summed E-state index contributed by atoms with van der Waals surface area (Å²) in [6, 6.07) is 0. The molecule has 3 aromatic heterocycles. The van der Waals surface area contributed by atoms with Crippen molar-refractivity contribution < 1.29 is 34.0 Å². The van der Waals surface area contributed by atoms with Gasteiger partial charge in [0.05, 0.1) is 43.1 Å². The number of aromatic nitrogens is 5. The fraction of sp³-hybridized carbons (Fsp3) is 0.556. The maximum Gasteiger partial charge on any atom is 0.427 e. The second-order valence-corrected chi connectivity index (χ2v) is 11.9. The van der Waals surface area contributed by atoms with Crippen molar-refractivity contribution in [2.24, 2.45) is 0 Å². The molecule has 2 amide bonds. The highest BCUT2D eigenvalue weighted by atomic mass is 35.5. The van der Waals surface area contributed by atoms with Gasteiger partial charge in [-0.1, -0.05) is 11.6 Å². The fourth-order valence-corrected chi connectivity index (χ4v) is 4.22. The zero-order valence-corrected chi connectivity index (χ0v) is 25.5. The van der Waals surface area contributed by atoms with Crippen LogP contribution in [0.2, 0.25) is 5.15 Å². The van der Waals surface area contributed by atoms with Gasteiger partial charge < -0.3 is 24.4 Å². The highest BCUT2D eigenvalue weighted by Gasteiger charge is 2.36. The van der Waals surface area contributed by atoms with Crippen molar-refractivity contribution in [2.45, 2.75) is 85.7 Å². The number of aliphatic hydroxyl groups excluding tert-OH is 2. The average molecular weight is 593 g/mol. The SMILES string of the molecule is COc1c(C)cnc(Cn2nc(CC(O)CO)c3c(Cl)nc(N(C(=O)OC(C)(C)C)C(=O)OC(C)(C)C)nc32)c1C. The summed E-state index contributed by atoms with van der Waals surface area (Å²) in [5.41, 5.74) is 0.789. The first-order valence-electron chi connectivity index (χ1n) is 12.9. The quantitative estimate of drug-likeness (QED) is 0.379. The first kappa shape index (κ1) is 32.0. The Bertz CT molecular complexity index is 1420. The van der Waals surface area contributed by atoms with Gasteiger partial charge in [-0.05, 0) is 55.4 Å². The fourth-order valence-electron chi connectivity index (χ4n) is 3.96. The molecule has 1 atom stereocenters. The normalized spacial score (nSPS) is 12.8. The van der Waals surface area contributed by atoms with Crippen LogP contribution >= 0.6 is 11.6 Å². The summed E-state index contributed by atoms with van der Waals surface area (Å²) >= 11 is 6.61. The molecule has 0 saturated heterocycles. The van der Waals surface area contributed by atoms with Crippen LogP contribution < -0.4 is 9.64 Å². The summed E-state index contributed by atoms with van der Waals surface area (Å²) in [5.74, 6) is 0.268. The number of hydrogen-bond acceptors (Lipinski definition) is 11. The van der Waals surface area contributed by atoms with Crippen LogP contribution in [-0.4, -0.2) is 78.2 Å². The van der Waals surface area contributed by atoms with Gasteiger partial charge in [0, 0.05) is 23.7 Å². The van der Waals surface area contributed by atoms with Gasteiger partial charge in [-0.2, -0.15) is 15.1 Å². The zero-order valence-electron chi connectivity index (χ0n) is 24.8. The molecule has 41 heavy (non-hydrogen) atoms. The first-order valence-corrected chi connectivity index (χ1v) is 13.3. The van der Waals surface area contributed by atoms with E-state index in [-0.39, 0.29) is 29.2 Å². The van der Waals surface area contributed by atoms with E-state index in [4.69, 9.17) is 25.8 Å². The van der Waals surface area contributed by atoms with Gasteiger partial charge >= 0.3 is 12.2 Å². The van der Waals surface area contributed by atoms with E-state index in [1.165, 1.54) is 4.68 Å². The number of anilines is 1. The molecule has 2 N–H and O–H groups in total. The maximum atomic E-state index is 13.2. The lowest BCUT2D eigenvalue weighted by molar-refractivity contribution is 0.0427. The van der Waals surface area contributed by atoms with Crippen LogP contribution in [0.3, 0.4) is 0 Å². The minimum absolute atomic E-state index is 0.0616. The van der Waals surface area contributed by atoms with Crippen LogP contribution in [0.25, 0.3) is 11.0 Å². The highest BCUT2D eigenvalue weighted by molar-refractivity contribution is 6.34. The van der Waals surface area contributed by atoms with E-state index < -0.39 is 42.0 Å². The predicted molar refractivity (Wildman–Crippen MR) is 151 cm³/mol. The van der Waals surface area contributed by atoms with Crippen molar-refractivity contribution in [3.63, 3.8) is 0 Å². The number of methoxy groups -OCH3 is 1. The lowest BCUT2D eigenvalue weighted by Crippen LogP contribution is -2.44. The zero-order chi connectivity index (χ0) is 30.9. The molecule has 0 aromatic carbocycles. The van der Waals surface area contributed by atoms with Gasteiger partial charge in [0.1, 0.15) is 22.1 Å². The average Bonchev–Trinajstić information content (AvgIpc) is 3.16. The molecule has 0 aliphatic rings. The number of halogens is 1. The molecule has 3 aromatic rings. The van der Waals surface area contributed by atoms with Gasteiger partial charge in [-0.25, -0.2) is 14.3 Å². The van der Waals surface area contributed by atoms with Gasteiger partial charge in [0.15, 0.2) is 5.65 Å². The number of pyridine rings is 1. The molecular formula is C27H37ClN6O7. The number of aliphatic hydroxyl groups is 2. The maximum absolute atomic E-state index is 13.2. The molecule has 224 valence electrons. The second-order valence-electron chi connectivity index (χ2n) is 11.5. The Morgan fingerprint density at radius 2 is 1.63 bits per heavy atom. The number of rotatable bonds is 7. The molecule has 0 spiro atoms. The molecule has 3 rings (SSSR count). The van der Waals surface area contributed by atoms with E-state index in [0.29, 0.717) is 22.0 Å². The standard InChI is InChI=1S/C27H37ClN6O7/c1-14-11-29-18(15(2)20(14)39-9)12-33-22-19(17(32-33)10-16(36)13-35)21(28)30-23(31-22)34(24(37)40-26(3,4)5)25(38)41-27(6,7)8/h11,16,35-36H,10,12-13H2,1-9H3. The number of aryl methyl sites for hydroxylation is 1. The van der Waals surface area contributed by atoms with E-state index in [9.17, 15) is 19.8 Å². The lowest BCUT2D eigenvalue weighted by atomic mass is 10.1. The number of fused-ring (bicyclic) bond motifs is 1. The van der Waals surface area contributed by atoms with Crippen LogP contribution in [0.15, 0.2) is 6.20 Å². The summed E-state index contributed by atoms with van der Waals surface area (Å²) < 4.78 is 17.9. The molecule has 0 aliphatic heterocycles. The third-order valence-electron chi connectivity index (χ3n) is 5.65. The summed E-state index contributed by atoms with van der Waals surface area (Å²) in [6.07, 6.45) is -1.65. The topological polar surface area (TPSA) is 162 Å². The summed E-state index contributed by atoms with van der Waals surface area (Å²) in [4.78, 5) is 40.3. The van der Waals surface area contributed by atoms with Crippen molar-refractivity contribution in [2.75, 3.05) is 18.6 Å². The molecule has 0 aliphatic carbocycles.